The lowest BCUT2D eigenvalue weighted by atomic mass is 9.99. The Morgan fingerprint density at radius 1 is 1.23 bits per heavy atom. The lowest BCUT2D eigenvalue weighted by Crippen LogP contribution is -2.20. The van der Waals surface area contributed by atoms with Gasteiger partial charge in [-0.1, -0.05) is 6.58 Å². The zero-order valence-corrected chi connectivity index (χ0v) is 17.3. The van der Waals surface area contributed by atoms with E-state index in [4.69, 9.17) is 9.72 Å². The van der Waals surface area contributed by atoms with Crippen LogP contribution in [0.1, 0.15) is 24.1 Å². The highest BCUT2D eigenvalue weighted by Crippen LogP contribution is 2.38. The van der Waals surface area contributed by atoms with E-state index in [1.807, 2.05) is 32.4 Å². The molecule has 1 aliphatic rings. The van der Waals surface area contributed by atoms with Crippen LogP contribution in [-0.2, 0) is 7.05 Å². The summed E-state index contributed by atoms with van der Waals surface area (Å²) >= 11 is 0. The molecule has 4 aromatic rings. The molecule has 5 rings (SSSR count). The first kappa shape index (κ1) is 19.1. The Balaban J connectivity index is 1.63. The monoisotopic (exact) mass is 419 g/mol. The van der Waals surface area contributed by atoms with Crippen LogP contribution in [0.5, 0.6) is 5.75 Å². The second-order valence-electron chi connectivity index (χ2n) is 7.53. The Labute approximate surface area is 178 Å². The third kappa shape index (κ3) is 3.48. The number of fused-ring (bicyclic) bond motifs is 2. The van der Waals surface area contributed by atoms with Gasteiger partial charge in [0.2, 0.25) is 0 Å². The molecule has 8 nitrogen and oxygen atoms in total. The fourth-order valence-electron chi connectivity index (χ4n) is 3.78. The zero-order chi connectivity index (χ0) is 21.5. The second-order valence-corrected chi connectivity index (χ2v) is 7.53. The summed E-state index contributed by atoms with van der Waals surface area (Å²) in [5.74, 6) is 0.921. The number of nitrogens with zero attached hydrogens (tertiary/aromatic N) is 5. The van der Waals surface area contributed by atoms with Crippen LogP contribution in [-0.4, -0.2) is 37.5 Å². The molecule has 158 valence electrons. The summed E-state index contributed by atoms with van der Waals surface area (Å²) in [7, 11) is 1.83. The maximum Gasteiger partial charge on any atom is 0.166 e. The molecular weight excluding hydrogens is 397 g/mol. The molecule has 1 aromatic carbocycles. The molecular formula is C22H22FN7O. The molecule has 0 aliphatic carbocycles. The first-order chi connectivity index (χ1) is 15.0. The Hall–Kier alpha value is -3.88. The van der Waals surface area contributed by atoms with Gasteiger partial charge in [0, 0.05) is 48.4 Å². The standard InChI is InChI=1S/C22H22FN7O/c1-13-19-11-26-30-6-4-20(28-22(19)30)27-14(2)17-8-16(23)9-18(15-10-25-29(3)12-15)21(17)31-7-5-24-13/h4,6,8-12,14,24H,1,5,7H2,2-3H3,(H,27,28)/t14-/m1/s1. The Kier molecular flexibility index (Phi) is 4.58. The maximum absolute atomic E-state index is 14.7. The van der Waals surface area contributed by atoms with E-state index in [0.29, 0.717) is 47.2 Å². The van der Waals surface area contributed by atoms with Crippen LogP contribution in [0, 0.1) is 5.82 Å². The van der Waals surface area contributed by atoms with Crippen LogP contribution in [0.15, 0.2) is 49.6 Å². The van der Waals surface area contributed by atoms with Crippen LogP contribution in [0.3, 0.4) is 0 Å². The number of hydrogen-bond acceptors (Lipinski definition) is 6. The van der Waals surface area contributed by atoms with Gasteiger partial charge in [0.15, 0.2) is 5.65 Å². The lowest BCUT2D eigenvalue weighted by molar-refractivity contribution is 0.318. The molecule has 1 aliphatic heterocycles. The van der Waals surface area contributed by atoms with Gasteiger partial charge >= 0.3 is 0 Å². The summed E-state index contributed by atoms with van der Waals surface area (Å²) in [6, 6.07) is 4.55. The molecule has 9 heteroatoms. The third-order valence-corrected chi connectivity index (χ3v) is 5.31. The minimum Gasteiger partial charge on any atom is -0.491 e. The Morgan fingerprint density at radius 2 is 2.10 bits per heavy atom. The number of rotatable bonds is 1. The second kappa shape index (κ2) is 7.42. The van der Waals surface area contributed by atoms with Gasteiger partial charge in [0.05, 0.1) is 24.0 Å². The molecule has 0 spiro atoms. The van der Waals surface area contributed by atoms with Crippen molar-refractivity contribution in [2.24, 2.45) is 7.05 Å². The summed E-state index contributed by atoms with van der Waals surface area (Å²) in [6.45, 7) is 6.95. The van der Waals surface area contributed by atoms with Crippen molar-refractivity contribution < 1.29 is 9.13 Å². The summed E-state index contributed by atoms with van der Waals surface area (Å²) in [6.07, 6.45) is 7.11. The van der Waals surface area contributed by atoms with E-state index in [1.165, 1.54) is 12.1 Å². The molecule has 2 N–H and O–H groups in total. The van der Waals surface area contributed by atoms with Crippen molar-refractivity contribution >= 4 is 17.2 Å². The smallest absolute Gasteiger partial charge is 0.166 e. The Morgan fingerprint density at radius 3 is 2.90 bits per heavy atom. The van der Waals surface area contributed by atoms with Crippen LogP contribution >= 0.6 is 0 Å². The highest BCUT2D eigenvalue weighted by molar-refractivity contribution is 5.74. The fourth-order valence-corrected chi connectivity index (χ4v) is 3.78. The van der Waals surface area contributed by atoms with Gasteiger partial charge in [-0.3, -0.25) is 4.68 Å². The summed E-state index contributed by atoms with van der Waals surface area (Å²) in [5, 5.41) is 15.2. The predicted molar refractivity (Wildman–Crippen MR) is 116 cm³/mol. The fraction of sp³-hybridized carbons (Fsp3) is 0.227. The molecule has 3 aromatic heterocycles. The molecule has 2 bridgehead atoms. The number of anilines is 1. The number of halogens is 1. The summed E-state index contributed by atoms with van der Waals surface area (Å²) < 4.78 is 24.2. The van der Waals surface area contributed by atoms with Crippen LogP contribution in [0.2, 0.25) is 0 Å². The SMILES string of the molecule is C=C1NCCOc2c(-c3cnn(C)c3)cc(F)cc2[C@@H](C)Nc2ccn3ncc1c3n2. The third-order valence-electron chi connectivity index (χ3n) is 5.31. The summed E-state index contributed by atoms with van der Waals surface area (Å²) in [4.78, 5) is 4.70. The maximum atomic E-state index is 14.7. The van der Waals surface area contributed by atoms with Crippen LogP contribution < -0.4 is 15.4 Å². The van der Waals surface area contributed by atoms with E-state index in [2.05, 4.69) is 27.4 Å². The van der Waals surface area contributed by atoms with Crippen molar-refractivity contribution in [2.45, 2.75) is 13.0 Å². The number of ether oxygens (including phenoxy) is 1. The first-order valence-electron chi connectivity index (χ1n) is 9.99. The normalized spacial score (nSPS) is 16.5. The molecule has 0 saturated carbocycles. The number of nitrogens with one attached hydrogen (secondary N) is 2. The van der Waals surface area contributed by atoms with Crippen molar-refractivity contribution in [3.05, 3.63) is 66.5 Å². The highest BCUT2D eigenvalue weighted by Gasteiger charge is 2.21. The van der Waals surface area contributed by atoms with E-state index < -0.39 is 0 Å². The van der Waals surface area contributed by atoms with Crippen molar-refractivity contribution in [1.29, 1.82) is 0 Å². The van der Waals surface area contributed by atoms with E-state index in [1.54, 1.807) is 21.6 Å². The van der Waals surface area contributed by atoms with E-state index >= 15 is 0 Å². The van der Waals surface area contributed by atoms with Crippen molar-refractivity contribution in [3.63, 3.8) is 0 Å². The van der Waals surface area contributed by atoms with E-state index in [-0.39, 0.29) is 11.9 Å². The molecule has 4 heterocycles. The van der Waals surface area contributed by atoms with Gasteiger partial charge in [-0.05, 0) is 25.1 Å². The van der Waals surface area contributed by atoms with Crippen molar-refractivity contribution in [1.82, 2.24) is 29.7 Å². The predicted octanol–water partition coefficient (Wildman–Crippen LogP) is 3.39. The van der Waals surface area contributed by atoms with E-state index in [0.717, 1.165) is 11.1 Å². The molecule has 0 saturated heterocycles. The lowest BCUT2D eigenvalue weighted by Gasteiger charge is -2.21. The van der Waals surface area contributed by atoms with Gasteiger partial charge in [-0.2, -0.15) is 10.2 Å². The van der Waals surface area contributed by atoms with Crippen LogP contribution in [0.4, 0.5) is 10.2 Å². The molecule has 1 atom stereocenters. The largest absolute Gasteiger partial charge is 0.491 e. The number of hydrogen-bond donors (Lipinski definition) is 2. The molecule has 0 radical (unpaired) electrons. The number of aromatic nitrogens is 5. The van der Waals surface area contributed by atoms with Gasteiger partial charge in [0.25, 0.3) is 0 Å². The molecule has 0 unspecified atom stereocenters. The Bertz CT molecular complexity index is 1290. The average molecular weight is 419 g/mol. The van der Waals surface area contributed by atoms with Gasteiger partial charge in [-0.25, -0.2) is 13.9 Å². The van der Waals surface area contributed by atoms with Crippen molar-refractivity contribution in [3.8, 4) is 16.9 Å². The molecule has 31 heavy (non-hydrogen) atoms. The van der Waals surface area contributed by atoms with Crippen molar-refractivity contribution in [2.75, 3.05) is 18.5 Å². The van der Waals surface area contributed by atoms with Gasteiger partial charge < -0.3 is 15.4 Å². The number of aryl methyl sites for hydroxylation is 1. The minimum absolute atomic E-state index is 0.264. The average Bonchev–Trinajstić information content (AvgIpc) is 3.36. The van der Waals surface area contributed by atoms with E-state index in [9.17, 15) is 4.39 Å². The first-order valence-corrected chi connectivity index (χ1v) is 9.99. The highest BCUT2D eigenvalue weighted by atomic mass is 19.1. The number of benzene rings is 1. The zero-order valence-electron chi connectivity index (χ0n) is 17.3. The quantitative estimate of drug-likeness (QED) is 0.492. The van der Waals surface area contributed by atoms with Crippen LogP contribution in [0.25, 0.3) is 22.5 Å². The van der Waals surface area contributed by atoms with Gasteiger partial charge in [-0.15, -0.1) is 0 Å². The topological polar surface area (TPSA) is 81.3 Å². The molecule has 0 fully saturated rings. The summed E-state index contributed by atoms with van der Waals surface area (Å²) in [5.41, 5.74) is 4.36. The molecule has 0 amide bonds. The minimum atomic E-state index is -0.341. The van der Waals surface area contributed by atoms with Gasteiger partial charge in [0.1, 0.15) is 24.0 Å².